The molecule has 0 atom stereocenters. The first-order valence-corrected chi connectivity index (χ1v) is 7.29. The number of hydrogen-bond acceptors (Lipinski definition) is 3. The normalized spacial score (nSPS) is 11.3. The average Bonchev–Trinajstić information content (AvgIpc) is 2.71. The number of thiophene rings is 1. The Morgan fingerprint density at radius 3 is 2.89 bits per heavy atom. The summed E-state index contributed by atoms with van der Waals surface area (Å²) in [6, 6.07) is 6.52. The lowest BCUT2D eigenvalue weighted by atomic mass is 10.1. The van der Waals surface area contributed by atoms with Crippen molar-refractivity contribution in [2.75, 3.05) is 13.7 Å². The molecular weight excluding hydrogens is 242 g/mol. The van der Waals surface area contributed by atoms with Crippen LogP contribution in [0.5, 0.6) is 0 Å². The van der Waals surface area contributed by atoms with E-state index in [1.807, 2.05) is 11.3 Å². The van der Waals surface area contributed by atoms with Gasteiger partial charge in [0.15, 0.2) is 0 Å². The Bertz CT molecular complexity index is 518. The second-order valence-electron chi connectivity index (χ2n) is 4.57. The predicted octanol–water partition coefficient (Wildman–Crippen LogP) is 3.86. The number of aryl methyl sites for hydroxylation is 1. The highest BCUT2D eigenvalue weighted by molar-refractivity contribution is 7.19. The fourth-order valence-corrected chi connectivity index (χ4v) is 3.43. The van der Waals surface area contributed by atoms with Crippen molar-refractivity contribution in [3.8, 4) is 0 Å². The zero-order valence-corrected chi connectivity index (χ0v) is 12.2. The smallest absolute Gasteiger partial charge is 0.0730 e. The maximum atomic E-state index is 5.36. The zero-order valence-electron chi connectivity index (χ0n) is 11.4. The predicted molar refractivity (Wildman–Crippen MR) is 79.3 cm³/mol. The molecular formula is C15H21NOS. The lowest BCUT2D eigenvalue weighted by Crippen LogP contribution is -2.13. The first-order valence-electron chi connectivity index (χ1n) is 6.47. The van der Waals surface area contributed by atoms with E-state index in [2.05, 4.69) is 37.4 Å². The molecule has 2 rings (SSSR count). The molecule has 0 aliphatic carbocycles. The number of fused-ring (bicyclic) bond motifs is 1. The molecule has 0 saturated carbocycles. The van der Waals surface area contributed by atoms with E-state index in [0.717, 1.165) is 13.1 Å². The summed E-state index contributed by atoms with van der Waals surface area (Å²) in [6.07, 6.45) is 1.17. The first-order chi connectivity index (χ1) is 8.77. The summed E-state index contributed by atoms with van der Waals surface area (Å²) in [4.78, 5) is 1.41. The molecule has 0 fully saturated rings. The van der Waals surface area contributed by atoms with Crippen molar-refractivity contribution in [2.45, 2.75) is 33.4 Å². The van der Waals surface area contributed by atoms with Crippen molar-refractivity contribution in [3.63, 3.8) is 0 Å². The maximum absolute atomic E-state index is 5.36. The summed E-state index contributed by atoms with van der Waals surface area (Å²) < 4.78 is 6.76. The van der Waals surface area contributed by atoms with Crippen LogP contribution in [0.15, 0.2) is 18.2 Å². The largest absolute Gasteiger partial charge is 0.380 e. The number of methoxy groups -OCH3 is 1. The third-order valence-corrected chi connectivity index (χ3v) is 4.48. The van der Waals surface area contributed by atoms with Crippen LogP contribution < -0.4 is 5.32 Å². The standard InChI is InChI=1S/C15H21NOS/c1-4-8-16-9-14-13(10-17-3)12-7-5-6-11(2)15(12)18-14/h5-7,16H,4,8-10H2,1-3H3. The lowest BCUT2D eigenvalue weighted by Gasteiger charge is -2.04. The molecule has 0 radical (unpaired) electrons. The van der Waals surface area contributed by atoms with Gasteiger partial charge in [-0.3, -0.25) is 0 Å². The van der Waals surface area contributed by atoms with Gasteiger partial charge in [0.2, 0.25) is 0 Å². The molecule has 0 aliphatic rings. The lowest BCUT2D eigenvalue weighted by molar-refractivity contribution is 0.185. The van der Waals surface area contributed by atoms with E-state index in [0.29, 0.717) is 6.61 Å². The van der Waals surface area contributed by atoms with Crippen molar-refractivity contribution in [1.82, 2.24) is 5.32 Å². The molecule has 1 aromatic heterocycles. The number of benzene rings is 1. The summed E-state index contributed by atoms with van der Waals surface area (Å²) in [5, 5.41) is 4.84. The van der Waals surface area contributed by atoms with Crippen LogP contribution in [0.2, 0.25) is 0 Å². The molecule has 18 heavy (non-hydrogen) atoms. The third kappa shape index (κ3) is 2.74. The number of ether oxygens (including phenoxy) is 1. The molecule has 2 aromatic rings. The highest BCUT2D eigenvalue weighted by atomic mass is 32.1. The van der Waals surface area contributed by atoms with Crippen molar-refractivity contribution in [3.05, 3.63) is 34.2 Å². The monoisotopic (exact) mass is 263 g/mol. The van der Waals surface area contributed by atoms with Gasteiger partial charge in [0.05, 0.1) is 6.61 Å². The molecule has 1 N–H and O–H groups in total. The van der Waals surface area contributed by atoms with Crippen LogP contribution in [-0.4, -0.2) is 13.7 Å². The molecule has 3 heteroatoms. The minimum absolute atomic E-state index is 0.701. The van der Waals surface area contributed by atoms with E-state index < -0.39 is 0 Å². The van der Waals surface area contributed by atoms with E-state index in [9.17, 15) is 0 Å². The third-order valence-electron chi connectivity index (χ3n) is 3.10. The Balaban J connectivity index is 2.37. The van der Waals surface area contributed by atoms with Crippen LogP contribution in [0.3, 0.4) is 0 Å². The summed E-state index contributed by atoms with van der Waals surface area (Å²) in [5.41, 5.74) is 2.71. The van der Waals surface area contributed by atoms with Crippen molar-refractivity contribution in [1.29, 1.82) is 0 Å². The zero-order chi connectivity index (χ0) is 13.0. The van der Waals surface area contributed by atoms with Gasteiger partial charge in [0.25, 0.3) is 0 Å². The van der Waals surface area contributed by atoms with Gasteiger partial charge in [-0.15, -0.1) is 11.3 Å². The molecule has 0 unspecified atom stereocenters. The summed E-state index contributed by atoms with van der Waals surface area (Å²) in [7, 11) is 1.77. The second kappa shape index (κ2) is 6.32. The number of rotatable bonds is 6. The van der Waals surface area contributed by atoms with Crippen LogP contribution in [0.25, 0.3) is 10.1 Å². The van der Waals surface area contributed by atoms with Crippen LogP contribution in [0, 0.1) is 6.92 Å². The van der Waals surface area contributed by atoms with E-state index in [1.165, 1.54) is 32.5 Å². The summed E-state index contributed by atoms with van der Waals surface area (Å²) in [5.74, 6) is 0. The Hall–Kier alpha value is -0.900. The fraction of sp³-hybridized carbons (Fsp3) is 0.467. The Morgan fingerprint density at radius 1 is 1.33 bits per heavy atom. The van der Waals surface area contributed by atoms with Crippen molar-refractivity contribution < 1.29 is 4.74 Å². The van der Waals surface area contributed by atoms with Crippen LogP contribution >= 0.6 is 11.3 Å². The van der Waals surface area contributed by atoms with Gasteiger partial charge in [-0.2, -0.15) is 0 Å². The first kappa shape index (κ1) is 13.5. The highest BCUT2D eigenvalue weighted by Crippen LogP contribution is 2.34. The second-order valence-corrected chi connectivity index (χ2v) is 5.67. The van der Waals surface area contributed by atoms with Crippen LogP contribution in [0.4, 0.5) is 0 Å². The molecule has 1 aromatic carbocycles. The Morgan fingerprint density at radius 2 is 2.17 bits per heavy atom. The van der Waals surface area contributed by atoms with Gasteiger partial charge in [-0.05, 0) is 30.8 Å². The van der Waals surface area contributed by atoms with Crippen molar-refractivity contribution in [2.24, 2.45) is 0 Å². The Kier molecular flexibility index (Phi) is 4.75. The van der Waals surface area contributed by atoms with Gasteiger partial charge in [-0.1, -0.05) is 25.1 Å². The van der Waals surface area contributed by atoms with Gasteiger partial charge in [0.1, 0.15) is 0 Å². The van der Waals surface area contributed by atoms with Crippen LogP contribution in [-0.2, 0) is 17.9 Å². The SMILES string of the molecule is CCCNCc1sc2c(C)cccc2c1COC. The van der Waals surface area contributed by atoms with E-state index >= 15 is 0 Å². The number of hydrogen-bond donors (Lipinski definition) is 1. The minimum Gasteiger partial charge on any atom is -0.380 e. The summed E-state index contributed by atoms with van der Waals surface area (Å²) >= 11 is 1.90. The van der Waals surface area contributed by atoms with Gasteiger partial charge in [0, 0.05) is 28.8 Å². The number of nitrogens with one attached hydrogen (secondary N) is 1. The topological polar surface area (TPSA) is 21.3 Å². The molecule has 0 bridgehead atoms. The molecule has 98 valence electrons. The van der Waals surface area contributed by atoms with Gasteiger partial charge < -0.3 is 10.1 Å². The molecule has 2 nitrogen and oxygen atoms in total. The van der Waals surface area contributed by atoms with Crippen LogP contribution in [0.1, 0.15) is 29.3 Å². The molecule has 0 aliphatic heterocycles. The van der Waals surface area contributed by atoms with E-state index in [4.69, 9.17) is 4.74 Å². The molecule has 1 heterocycles. The maximum Gasteiger partial charge on any atom is 0.0730 e. The average molecular weight is 263 g/mol. The Labute approximate surface area is 113 Å². The molecule has 0 amide bonds. The van der Waals surface area contributed by atoms with Gasteiger partial charge >= 0.3 is 0 Å². The minimum atomic E-state index is 0.701. The molecule has 0 saturated heterocycles. The van der Waals surface area contributed by atoms with Crippen molar-refractivity contribution >= 4 is 21.4 Å². The van der Waals surface area contributed by atoms with E-state index in [-0.39, 0.29) is 0 Å². The fourth-order valence-electron chi connectivity index (χ4n) is 2.18. The summed E-state index contributed by atoms with van der Waals surface area (Å²) in [6.45, 7) is 7.09. The molecule has 0 spiro atoms. The quantitative estimate of drug-likeness (QED) is 0.799. The van der Waals surface area contributed by atoms with E-state index in [1.54, 1.807) is 7.11 Å². The highest BCUT2D eigenvalue weighted by Gasteiger charge is 2.12. The van der Waals surface area contributed by atoms with Gasteiger partial charge in [-0.25, -0.2) is 0 Å².